The van der Waals surface area contributed by atoms with E-state index < -0.39 is 0 Å². The number of hydrogen-bond acceptors (Lipinski definition) is 3. The molecule has 1 saturated heterocycles. The van der Waals surface area contributed by atoms with Crippen LogP contribution in [0.15, 0.2) is 35.9 Å². The number of hydrogen-bond donors (Lipinski definition) is 1. The third-order valence-electron chi connectivity index (χ3n) is 5.11. The first-order valence-corrected chi connectivity index (χ1v) is 9.94. The zero-order chi connectivity index (χ0) is 19.1. The minimum Gasteiger partial charge on any atom is -0.369 e. The molecule has 2 rings (SSSR count). The molecule has 0 bridgehead atoms. The van der Waals surface area contributed by atoms with E-state index in [1.807, 2.05) is 12.1 Å². The molecule has 1 aromatic rings. The fourth-order valence-electron chi connectivity index (χ4n) is 3.49. The summed E-state index contributed by atoms with van der Waals surface area (Å²) in [6, 6.07) is 8.74. The molecule has 26 heavy (non-hydrogen) atoms. The molecular formula is C22H35N3O. The Hall–Kier alpha value is -1.81. The van der Waals surface area contributed by atoms with Crippen LogP contribution in [0.2, 0.25) is 0 Å². The molecule has 1 N–H and O–H groups in total. The molecule has 1 aliphatic rings. The van der Waals surface area contributed by atoms with E-state index in [1.54, 1.807) is 0 Å². The minimum absolute atomic E-state index is 0.0480. The van der Waals surface area contributed by atoms with Crippen molar-refractivity contribution in [1.82, 2.24) is 10.2 Å². The van der Waals surface area contributed by atoms with Gasteiger partial charge in [0, 0.05) is 49.5 Å². The van der Waals surface area contributed by atoms with Crippen LogP contribution in [0.4, 0.5) is 5.69 Å². The predicted molar refractivity (Wildman–Crippen MR) is 111 cm³/mol. The minimum atomic E-state index is 0.0480. The zero-order valence-electron chi connectivity index (χ0n) is 17.1. The number of benzene rings is 1. The van der Waals surface area contributed by atoms with Gasteiger partial charge >= 0.3 is 0 Å². The van der Waals surface area contributed by atoms with Crippen LogP contribution in [0, 0.1) is 0 Å². The van der Waals surface area contributed by atoms with Crippen LogP contribution >= 0.6 is 0 Å². The lowest BCUT2D eigenvalue weighted by molar-refractivity contribution is 0.0914. The normalized spacial score (nSPS) is 15.8. The molecule has 0 aromatic heterocycles. The number of nitrogens with zero attached hydrogens (tertiary/aromatic N) is 2. The summed E-state index contributed by atoms with van der Waals surface area (Å²) >= 11 is 0. The van der Waals surface area contributed by atoms with E-state index in [0.717, 1.165) is 44.6 Å². The number of rotatable bonds is 7. The van der Waals surface area contributed by atoms with Crippen molar-refractivity contribution in [2.45, 2.75) is 59.5 Å². The molecule has 0 spiro atoms. The summed E-state index contributed by atoms with van der Waals surface area (Å²) in [5, 5.41) is 3.21. The van der Waals surface area contributed by atoms with Gasteiger partial charge in [-0.15, -0.1) is 0 Å². The summed E-state index contributed by atoms with van der Waals surface area (Å²) in [6.07, 6.45) is 4.33. The smallest absolute Gasteiger partial charge is 0.251 e. The lowest BCUT2D eigenvalue weighted by atomic mass is 10.0. The van der Waals surface area contributed by atoms with Crippen LogP contribution in [-0.2, 0) is 0 Å². The highest BCUT2D eigenvalue weighted by atomic mass is 16.1. The Morgan fingerprint density at radius 2 is 1.85 bits per heavy atom. The molecule has 1 fully saturated rings. The summed E-state index contributed by atoms with van der Waals surface area (Å²) in [5.41, 5.74) is 3.29. The molecule has 4 heteroatoms. The van der Waals surface area contributed by atoms with Crippen molar-refractivity contribution in [2.75, 3.05) is 31.1 Å². The topological polar surface area (TPSA) is 35.6 Å². The van der Waals surface area contributed by atoms with Gasteiger partial charge in [-0.05, 0) is 71.7 Å². The van der Waals surface area contributed by atoms with E-state index >= 15 is 0 Å². The summed E-state index contributed by atoms with van der Waals surface area (Å²) in [4.78, 5) is 17.3. The average Bonchev–Trinajstić information content (AvgIpc) is 2.62. The third-order valence-corrected chi connectivity index (χ3v) is 5.11. The maximum Gasteiger partial charge on any atom is 0.251 e. The molecule has 1 amide bonds. The van der Waals surface area contributed by atoms with Crippen LogP contribution in [0.1, 0.15) is 57.8 Å². The highest BCUT2D eigenvalue weighted by molar-refractivity contribution is 5.94. The fraction of sp³-hybridized carbons (Fsp3) is 0.591. The largest absolute Gasteiger partial charge is 0.369 e. The Morgan fingerprint density at radius 1 is 1.23 bits per heavy atom. The highest BCUT2D eigenvalue weighted by Crippen LogP contribution is 2.18. The van der Waals surface area contributed by atoms with Gasteiger partial charge in [0.05, 0.1) is 0 Å². The van der Waals surface area contributed by atoms with E-state index in [9.17, 15) is 4.79 Å². The second-order valence-electron chi connectivity index (χ2n) is 7.76. The number of likely N-dealkylation sites (tertiary alicyclic amines) is 1. The average molecular weight is 358 g/mol. The molecule has 4 nitrogen and oxygen atoms in total. The van der Waals surface area contributed by atoms with Crippen LogP contribution in [0.25, 0.3) is 0 Å². The van der Waals surface area contributed by atoms with Crippen LogP contribution < -0.4 is 10.2 Å². The van der Waals surface area contributed by atoms with Crippen LogP contribution in [0.5, 0.6) is 0 Å². The Balaban J connectivity index is 1.86. The molecular weight excluding hydrogens is 322 g/mol. The number of amides is 1. The van der Waals surface area contributed by atoms with E-state index in [4.69, 9.17) is 0 Å². The molecule has 0 radical (unpaired) electrons. The molecule has 144 valence electrons. The van der Waals surface area contributed by atoms with Gasteiger partial charge in [-0.3, -0.25) is 9.69 Å². The van der Waals surface area contributed by atoms with Crippen LogP contribution in [-0.4, -0.2) is 49.1 Å². The molecule has 0 atom stereocenters. The molecule has 1 aliphatic heterocycles. The summed E-state index contributed by atoms with van der Waals surface area (Å²) in [6.45, 7) is 14.9. The quantitative estimate of drug-likeness (QED) is 0.747. The Bertz CT molecular complexity index is 594. The van der Waals surface area contributed by atoms with Gasteiger partial charge in [0.15, 0.2) is 0 Å². The van der Waals surface area contributed by atoms with Gasteiger partial charge < -0.3 is 10.2 Å². The van der Waals surface area contributed by atoms with Gasteiger partial charge in [-0.2, -0.15) is 0 Å². The van der Waals surface area contributed by atoms with E-state index in [2.05, 4.69) is 67.9 Å². The Morgan fingerprint density at radius 3 is 2.35 bits per heavy atom. The van der Waals surface area contributed by atoms with Crippen molar-refractivity contribution in [1.29, 1.82) is 0 Å². The number of carbonyl (C=O) groups excluding carboxylic acids is 1. The van der Waals surface area contributed by atoms with Gasteiger partial charge in [0.25, 0.3) is 5.91 Å². The van der Waals surface area contributed by atoms with E-state index in [0.29, 0.717) is 6.04 Å². The standard InChI is InChI=1S/C22H35N3O/c1-6-25(18(4)5)21-9-7-19(8-10-21)22(26)23-20-12-15-24(16-13-20)14-11-17(2)3/h7-11,18,20H,6,12-16H2,1-5H3,(H,23,26). The van der Waals surface area contributed by atoms with Crippen molar-refractivity contribution in [3.63, 3.8) is 0 Å². The lowest BCUT2D eigenvalue weighted by Gasteiger charge is -2.31. The molecule has 0 saturated carbocycles. The zero-order valence-corrected chi connectivity index (χ0v) is 17.1. The summed E-state index contributed by atoms with van der Waals surface area (Å²) in [5.74, 6) is 0.0480. The Labute approximate surface area is 159 Å². The molecule has 1 heterocycles. The summed E-state index contributed by atoms with van der Waals surface area (Å²) in [7, 11) is 0. The molecule has 1 aromatic carbocycles. The first-order chi connectivity index (χ1) is 12.4. The van der Waals surface area contributed by atoms with Crippen molar-refractivity contribution >= 4 is 11.6 Å². The van der Waals surface area contributed by atoms with Crippen molar-refractivity contribution < 1.29 is 4.79 Å². The monoisotopic (exact) mass is 357 g/mol. The number of carbonyl (C=O) groups is 1. The SMILES string of the molecule is CCN(c1ccc(C(=O)NC2CCN(CC=C(C)C)CC2)cc1)C(C)C. The fourth-order valence-corrected chi connectivity index (χ4v) is 3.49. The maximum absolute atomic E-state index is 12.5. The second-order valence-corrected chi connectivity index (χ2v) is 7.76. The van der Waals surface area contributed by atoms with Crippen molar-refractivity contribution in [3.8, 4) is 0 Å². The second kappa shape index (κ2) is 9.77. The van der Waals surface area contributed by atoms with Gasteiger partial charge in [-0.1, -0.05) is 11.6 Å². The maximum atomic E-state index is 12.5. The van der Waals surface area contributed by atoms with E-state index in [-0.39, 0.29) is 11.9 Å². The van der Waals surface area contributed by atoms with Crippen molar-refractivity contribution in [3.05, 3.63) is 41.5 Å². The van der Waals surface area contributed by atoms with Crippen molar-refractivity contribution in [2.24, 2.45) is 0 Å². The lowest BCUT2D eigenvalue weighted by Crippen LogP contribution is -2.44. The molecule has 0 aliphatic carbocycles. The first kappa shape index (κ1) is 20.5. The predicted octanol–water partition coefficient (Wildman–Crippen LogP) is 4.08. The third kappa shape index (κ3) is 5.87. The number of allylic oxidation sites excluding steroid dienone is 1. The number of piperidine rings is 1. The van der Waals surface area contributed by atoms with E-state index in [1.165, 1.54) is 11.3 Å². The molecule has 0 unspecified atom stereocenters. The highest BCUT2D eigenvalue weighted by Gasteiger charge is 2.20. The number of anilines is 1. The Kier molecular flexibility index (Phi) is 7.70. The van der Waals surface area contributed by atoms with Crippen LogP contribution in [0.3, 0.4) is 0 Å². The van der Waals surface area contributed by atoms with Gasteiger partial charge in [0.1, 0.15) is 0 Å². The van der Waals surface area contributed by atoms with Gasteiger partial charge in [-0.25, -0.2) is 0 Å². The van der Waals surface area contributed by atoms with Gasteiger partial charge in [0.2, 0.25) is 0 Å². The summed E-state index contributed by atoms with van der Waals surface area (Å²) < 4.78 is 0. The first-order valence-electron chi connectivity index (χ1n) is 9.94. The number of nitrogens with one attached hydrogen (secondary N) is 1.